The van der Waals surface area contributed by atoms with Gasteiger partial charge in [0, 0.05) is 45.3 Å². The summed E-state index contributed by atoms with van der Waals surface area (Å²) in [5, 5.41) is 14.6. The Labute approximate surface area is 310 Å². The molecule has 1 aromatic heterocycles. The van der Waals surface area contributed by atoms with Crippen molar-refractivity contribution in [3.8, 4) is 5.75 Å². The summed E-state index contributed by atoms with van der Waals surface area (Å²) in [4.78, 5) is 75.1. The highest BCUT2D eigenvalue weighted by Gasteiger charge is 2.33. The molecule has 2 heterocycles. The minimum atomic E-state index is -1.06. The number of rotatable bonds is 11. The van der Waals surface area contributed by atoms with Gasteiger partial charge in [-0.3, -0.25) is 24.0 Å². The standard InChI is InChI=1S/C38H54N8O7/c1-22(2)17-29-36(50)42-30(18-25-9-12-27(53-8)13-10-25)35(49)40-24(5)34(48)43-31(23(3)4)20-46(21-33(47)41-29)37(51)26-11-14-32-28(19-26)44-38(45(32)6)39-15-16-52-7/h9-14,19,22-24,29-31H,15-18,20-21H2,1-8H3,(H,39,44)(H,40,49)(H,41,47)(H,42,50)(H,43,48)/t24-,29+,30+,31-/m1/s1. The number of nitrogens with zero attached hydrogens (tertiary/aromatic N) is 3. The van der Waals surface area contributed by atoms with E-state index in [0.717, 1.165) is 11.1 Å². The number of amides is 5. The van der Waals surface area contributed by atoms with Crippen molar-refractivity contribution < 1.29 is 33.4 Å². The predicted molar refractivity (Wildman–Crippen MR) is 201 cm³/mol. The van der Waals surface area contributed by atoms with Crippen LogP contribution in [0.15, 0.2) is 42.5 Å². The molecule has 1 aliphatic rings. The van der Waals surface area contributed by atoms with Gasteiger partial charge in [-0.2, -0.15) is 0 Å². The van der Waals surface area contributed by atoms with Crippen molar-refractivity contribution in [3.63, 3.8) is 0 Å². The van der Waals surface area contributed by atoms with Crippen LogP contribution in [0.4, 0.5) is 5.95 Å². The maximum Gasteiger partial charge on any atom is 0.254 e. The maximum absolute atomic E-state index is 14.2. The Bertz CT molecular complexity index is 1760. The van der Waals surface area contributed by atoms with Gasteiger partial charge in [-0.15, -0.1) is 0 Å². The minimum absolute atomic E-state index is 0.00544. The molecule has 53 heavy (non-hydrogen) atoms. The molecule has 2 aromatic carbocycles. The molecular formula is C38H54N8O7. The van der Waals surface area contributed by atoms with E-state index < -0.39 is 53.7 Å². The van der Waals surface area contributed by atoms with Crippen LogP contribution in [-0.4, -0.2) is 109 Å². The van der Waals surface area contributed by atoms with Gasteiger partial charge in [0.2, 0.25) is 29.6 Å². The van der Waals surface area contributed by atoms with E-state index in [9.17, 15) is 24.0 Å². The number of imidazole rings is 1. The topological polar surface area (TPSA) is 185 Å². The van der Waals surface area contributed by atoms with Crippen molar-refractivity contribution in [2.45, 2.75) is 71.6 Å². The summed E-state index contributed by atoms with van der Waals surface area (Å²) < 4.78 is 12.3. The highest BCUT2D eigenvalue weighted by Crippen LogP contribution is 2.21. The molecule has 1 aliphatic heterocycles. The number of fused-ring (bicyclic) bond motifs is 1. The van der Waals surface area contributed by atoms with Crippen LogP contribution in [0.3, 0.4) is 0 Å². The van der Waals surface area contributed by atoms with E-state index in [2.05, 4.69) is 31.6 Å². The average molecular weight is 735 g/mol. The summed E-state index contributed by atoms with van der Waals surface area (Å²) in [7, 11) is 5.03. The second-order valence-electron chi connectivity index (χ2n) is 14.3. The number of anilines is 1. The summed E-state index contributed by atoms with van der Waals surface area (Å²) in [5.74, 6) is -1.49. The number of nitrogens with one attached hydrogen (secondary N) is 5. The lowest BCUT2D eigenvalue weighted by Gasteiger charge is -2.31. The zero-order valence-corrected chi connectivity index (χ0v) is 31.9. The third-order valence-corrected chi connectivity index (χ3v) is 9.23. The molecule has 0 radical (unpaired) electrons. The number of hydrogen-bond donors (Lipinski definition) is 5. The van der Waals surface area contributed by atoms with E-state index in [1.807, 2.05) is 39.3 Å². The number of aryl methyl sites for hydroxylation is 1. The molecule has 1 saturated heterocycles. The fraction of sp³-hybridized carbons (Fsp3) is 0.526. The van der Waals surface area contributed by atoms with Crippen LogP contribution in [-0.2, 0) is 37.4 Å². The Morgan fingerprint density at radius 3 is 2.26 bits per heavy atom. The van der Waals surface area contributed by atoms with Crippen molar-refractivity contribution in [1.29, 1.82) is 0 Å². The summed E-state index contributed by atoms with van der Waals surface area (Å²) in [5.41, 5.74) is 2.43. The molecule has 0 unspecified atom stereocenters. The Morgan fingerprint density at radius 2 is 1.62 bits per heavy atom. The summed E-state index contributed by atoms with van der Waals surface area (Å²) in [6.45, 7) is 9.84. The van der Waals surface area contributed by atoms with Crippen LogP contribution >= 0.6 is 0 Å². The van der Waals surface area contributed by atoms with Gasteiger partial charge in [0.1, 0.15) is 23.9 Å². The fourth-order valence-corrected chi connectivity index (χ4v) is 6.10. The number of ether oxygens (including phenoxy) is 2. The van der Waals surface area contributed by atoms with Crippen LogP contribution < -0.4 is 31.3 Å². The second kappa shape index (κ2) is 18.5. The molecule has 3 aromatic rings. The van der Waals surface area contributed by atoms with Gasteiger partial charge in [0.15, 0.2) is 0 Å². The number of carbonyl (C=O) groups is 5. The Kier molecular flexibility index (Phi) is 14.2. The Morgan fingerprint density at radius 1 is 0.925 bits per heavy atom. The largest absolute Gasteiger partial charge is 0.497 e. The summed E-state index contributed by atoms with van der Waals surface area (Å²) >= 11 is 0. The van der Waals surface area contributed by atoms with Crippen molar-refractivity contribution in [3.05, 3.63) is 53.6 Å². The van der Waals surface area contributed by atoms with Gasteiger partial charge in [-0.1, -0.05) is 39.8 Å². The van der Waals surface area contributed by atoms with Crippen molar-refractivity contribution >= 4 is 46.5 Å². The van der Waals surface area contributed by atoms with E-state index in [0.29, 0.717) is 35.9 Å². The first-order valence-corrected chi connectivity index (χ1v) is 18.0. The number of benzene rings is 2. The summed E-state index contributed by atoms with van der Waals surface area (Å²) in [6.07, 6.45) is 0.408. The van der Waals surface area contributed by atoms with Crippen LogP contribution in [0.25, 0.3) is 11.0 Å². The number of methoxy groups -OCH3 is 2. The quantitative estimate of drug-likeness (QED) is 0.184. The molecule has 0 bridgehead atoms. The van der Waals surface area contributed by atoms with E-state index in [1.165, 1.54) is 4.90 Å². The molecule has 1 fully saturated rings. The number of carbonyl (C=O) groups excluding carboxylic acids is 5. The summed E-state index contributed by atoms with van der Waals surface area (Å²) in [6, 6.07) is 8.63. The lowest BCUT2D eigenvalue weighted by molar-refractivity contribution is -0.133. The Hall–Kier alpha value is -5.18. The maximum atomic E-state index is 14.2. The van der Waals surface area contributed by atoms with Gasteiger partial charge in [0.25, 0.3) is 5.91 Å². The highest BCUT2D eigenvalue weighted by molar-refractivity contribution is 6.00. The first kappa shape index (κ1) is 40.6. The lowest BCUT2D eigenvalue weighted by Crippen LogP contribution is -2.57. The SMILES string of the molecule is COCCNc1nc2cc(C(=O)N3CC(=O)N[C@@H](CC(C)C)C(=O)N[C@@H](Cc4ccc(OC)cc4)C(=O)N[C@H](C)C(=O)N[C@@H](C(C)C)C3)ccc2n1C. The lowest BCUT2D eigenvalue weighted by atomic mass is 10.0. The third-order valence-electron chi connectivity index (χ3n) is 9.23. The van der Waals surface area contributed by atoms with E-state index in [4.69, 9.17) is 9.47 Å². The van der Waals surface area contributed by atoms with Gasteiger partial charge < -0.3 is 45.5 Å². The van der Waals surface area contributed by atoms with Crippen LogP contribution in [0.2, 0.25) is 0 Å². The number of hydrogen-bond acceptors (Lipinski definition) is 9. The Balaban J connectivity index is 1.67. The molecule has 4 atom stereocenters. The third kappa shape index (κ3) is 10.9. The normalized spacial score (nSPS) is 20.7. The molecule has 0 saturated carbocycles. The van der Waals surface area contributed by atoms with Gasteiger partial charge in [-0.05, 0) is 61.1 Å². The van der Waals surface area contributed by atoms with Gasteiger partial charge in [0.05, 0.1) is 31.3 Å². The second-order valence-corrected chi connectivity index (χ2v) is 14.3. The molecule has 0 aliphatic carbocycles. The van der Waals surface area contributed by atoms with E-state index >= 15 is 0 Å². The molecule has 4 rings (SSSR count). The van der Waals surface area contributed by atoms with E-state index in [1.54, 1.807) is 63.6 Å². The zero-order chi connectivity index (χ0) is 38.8. The monoisotopic (exact) mass is 734 g/mol. The first-order valence-electron chi connectivity index (χ1n) is 18.0. The van der Waals surface area contributed by atoms with Crippen LogP contribution in [0.1, 0.15) is 57.0 Å². The first-order chi connectivity index (χ1) is 25.2. The number of aromatic nitrogens is 2. The molecule has 288 valence electrons. The smallest absolute Gasteiger partial charge is 0.254 e. The molecule has 0 spiro atoms. The predicted octanol–water partition coefficient (Wildman–Crippen LogP) is 2.00. The van der Waals surface area contributed by atoms with Crippen LogP contribution in [0, 0.1) is 11.8 Å². The minimum Gasteiger partial charge on any atom is -0.497 e. The molecule has 15 nitrogen and oxygen atoms in total. The fourth-order valence-electron chi connectivity index (χ4n) is 6.10. The van der Waals surface area contributed by atoms with Crippen LogP contribution in [0.5, 0.6) is 5.75 Å². The molecule has 5 N–H and O–H groups in total. The van der Waals surface area contributed by atoms with Gasteiger partial charge >= 0.3 is 0 Å². The molecule has 15 heteroatoms. The molecular weight excluding hydrogens is 680 g/mol. The average Bonchev–Trinajstić information content (AvgIpc) is 3.43. The zero-order valence-electron chi connectivity index (χ0n) is 31.9. The van der Waals surface area contributed by atoms with Crippen molar-refractivity contribution in [2.24, 2.45) is 18.9 Å². The van der Waals surface area contributed by atoms with Crippen molar-refractivity contribution in [2.75, 3.05) is 45.8 Å². The highest BCUT2D eigenvalue weighted by atomic mass is 16.5. The van der Waals surface area contributed by atoms with Crippen molar-refractivity contribution in [1.82, 2.24) is 35.7 Å². The van der Waals surface area contributed by atoms with E-state index in [-0.39, 0.29) is 37.8 Å². The molecule has 5 amide bonds. The van der Waals surface area contributed by atoms with Gasteiger partial charge in [-0.25, -0.2) is 4.98 Å².